The van der Waals surface area contributed by atoms with Gasteiger partial charge in [-0.25, -0.2) is 0 Å². The van der Waals surface area contributed by atoms with Crippen LogP contribution in [0.25, 0.3) is 0 Å². The average Bonchev–Trinajstić information content (AvgIpc) is 2.63. The van der Waals surface area contributed by atoms with Crippen molar-refractivity contribution in [2.75, 3.05) is 0 Å². The molecule has 1 heterocycles. The summed E-state index contributed by atoms with van der Waals surface area (Å²) >= 11 is 1.54. The highest BCUT2D eigenvalue weighted by atomic mass is 32.1. The molecule has 0 radical (unpaired) electrons. The van der Waals surface area contributed by atoms with Crippen LogP contribution in [0.4, 0.5) is 0 Å². The summed E-state index contributed by atoms with van der Waals surface area (Å²) in [4.78, 5) is 16.3. The first-order valence-electron chi connectivity index (χ1n) is 4.58. The van der Waals surface area contributed by atoms with Crippen molar-refractivity contribution in [3.63, 3.8) is 0 Å². The summed E-state index contributed by atoms with van der Waals surface area (Å²) in [6.45, 7) is 2.47. The van der Waals surface area contributed by atoms with Gasteiger partial charge in [0.05, 0.1) is 12.1 Å². The lowest BCUT2D eigenvalue weighted by atomic mass is 10.2. The fourth-order valence-corrected chi connectivity index (χ4v) is 1.50. The molecular formula is C9H15N3OS. The number of nitrogens with one attached hydrogen (secondary N) is 1. The zero-order valence-electron chi connectivity index (χ0n) is 8.19. The minimum atomic E-state index is 0.0516. The topological polar surface area (TPSA) is 68.0 Å². The van der Waals surface area contributed by atoms with Gasteiger partial charge in [0.1, 0.15) is 0 Å². The van der Waals surface area contributed by atoms with Crippen molar-refractivity contribution in [3.05, 3.63) is 16.6 Å². The van der Waals surface area contributed by atoms with Crippen LogP contribution >= 0.6 is 11.3 Å². The van der Waals surface area contributed by atoms with E-state index in [4.69, 9.17) is 5.73 Å². The van der Waals surface area contributed by atoms with E-state index in [1.54, 1.807) is 11.7 Å². The minimum Gasteiger partial charge on any atom is -0.351 e. The Morgan fingerprint density at radius 1 is 1.79 bits per heavy atom. The zero-order valence-corrected chi connectivity index (χ0v) is 9.01. The van der Waals surface area contributed by atoms with E-state index in [-0.39, 0.29) is 11.9 Å². The molecule has 14 heavy (non-hydrogen) atoms. The molecule has 1 unspecified atom stereocenters. The molecular weight excluding hydrogens is 198 g/mol. The Kier molecular flexibility index (Phi) is 4.55. The molecule has 3 N–H and O–H groups in total. The van der Waals surface area contributed by atoms with Crippen molar-refractivity contribution in [3.8, 4) is 0 Å². The SMILES string of the molecule is CC(N)CCC(=O)NCc1cncs1. The van der Waals surface area contributed by atoms with E-state index in [2.05, 4.69) is 10.3 Å². The van der Waals surface area contributed by atoms with Gasteiger partial charge in [0, 0.05) is 23.5 Å². The third kappa shape index (κ3) is 4.34. The number of nitrogens with zero attached hydrogens (tertiary/aromatic N) is 1. The van der Waals surface area contributed by atoms with Crippen LogP contribution in [0.15, 0.2) is 11.7 Å². The van der Waals surface area contributed by atoms with Gasteiger partial charge in [0.2, 0.25) is 5.91 Å². The second-order valence-corrected chi connectivity index (χ2v) is 4.23. The van der Waals surface area contributed by atoms with Crippen molar-refractivity contribution in [1.82, 2.24) is 10.3 Å². The Morgan fingerprint density at radius 3 is 3.14 bits per heavy atom. The van der Waals surface area contributed by atoms with Gasteiger partial charge >= 0.3 is 0 Å². The molecule has 1 aromatic rings. The van der Waals surface area contributed by atoms with Gasteiger partial charge in [0.15, 0.2) is 0 Å². The number of thiazole rings is 1. The van der Waals surface area contributed by atoms with Crippen LogP contribution in [0.3, 0.4) is 0 Å². The second kappa shape index (κ2) is 5.72. The molecule has 0 bridgehead atoms. The molecule has 1 atom stereocenters. The molecule has 0 aliphatic heterocycles. The maximum Gasteiger partial charge on any atom is 0.220 e. The highest BCUT2D eigenvalue weighted by Gasteiger charge is 2.03. The van der Waals surface area contributed by atoms with Gasteiger partial charge in [-0.05, 0) is 13.3 Å². The lowest BCUT2D eigenvalue weighted by molar-refractivity contribution is -0.121. The maximum absolute atomic E-state index is 11.3. The fourth-order valence-electron chi connectivity index (χ4n) is 0.962. The predicted octanol–water partition coefficient (Wildman–Crippen LogP) is 0.887. The molecule has 0 saturated carbocycles. The molecule has 1 aromatic heterocycles. The van der Waals surface area contributed by atoms with E-state index < -0.39 is 0 Å². The first-order valence-corrected chi connectivity index (χ1v) is 5.46. The minimum absolute atomic E-state index is 0.0516. The number of hydrogen-bond acceptors (Lipinski definition) is 4. The van der Waals surface area contributed by atoms with Crippen LogP contribution in [-0.2, 0) is 11.3 Å². The summed E-state index contributed by atoms with van der Waals surface area (Å²) in [6, 6.07) is 0.0872. The van der Waals surface area contributed by atoms with Gasteiger partial charge in [-0.3, -0.25) is 9.78 Å². The number of carbonyl (C=O) groups is 1. The Hall–Kier alpha value is -0.940. The molecule has 1 amide bonds. The van der Waals surface area contributed by atoms with Crippen LogP contribution in [0.5, 0.6) is 0 Å². The van der Waals surface area contributed by atoms with Gasteiger partial charge in [0.25, 0.3) is 0 Å². The smallest absolute Gasteiger partial charge is 0.220 e. The zero-order chi connectivity index (χ0) is 10.4. The highest BCUT2D eigenvalue weighted by molar-refractivity contribution is 7.09. The number of amides is 1. The molecule has 4 nitrogen and oxygen atoms in total. The highest BCUT2D eigenvalue weighted by Crippen LogP contribution is 2.04. The average molecular weight is 213 g/mol. The van der Waals surface area contributed by atoms with Crippen molar-refractivity contribution in [1.29, 1.82) is 0 Å². The summed E-state index contributed by atoms with van der Waals surface area (Å²) in [5.74, 6) is 0.0516. The molecule has 0 aliphatic rings. The van der Waals surface area contributed by atoms with E-state index in [9.17, 15) is 4.79 Å². The quantitative estimate of drug-likeness (QED) is 0.763. The summed E-state index contributed by atoms with van der Waals surface area (Å²) in [5.41, 5.74) is 7.30. The van der Waals surface area contributed by atoms with E-state index >= 15 is 0 Å². The van der Waals surface area contributed by atoms with Crippen LogP contribution in [0.1, 0.15) is 24.6 Å². The van der Waals surface area contributed by atoms with Gasteiger partial charge < -0.3 is 11.1 Å². The lowest BCUT2D eigenvalue weighted by Crippen LogP contribution is -2.25. The van der Waals surface area contributed by atoms with E-state index in [0.29, 0.717) is 13.0 Å². The van der Waals surface area contributed by atoms with Crippen LogP contribution in [0, 0.1) is 0 Å². The van der Waals surface area contributed by atoms with Crippen molar-refractivity contribution < 1.29 is 4.79 Å². The predicted molar refractivity (Wildman–Crippen MR) is 56.8 cm³/mol. The fraction of sp³-hybridized carbons (Fsp3) is 0.556. The Labute approximate surface area is 87.5 Å². The molecule has 78 valence electrons. The summed E-state index contributed by atoms with van der Waals surface area (Å²) in [6.07, 6.45) is 2.99. The first-order chi connectivity index (χ1) is 6.68. The van der Waals surface area contributed by atoms with E-state index in [0.717, 1.165) is 11.3 Å². The Balaban J connectivity index is 2.15. The second-order valence-electron chi connectivity index (χ2n) is 3.26. The van der Waals surface area contributed by atoms with Crippen molar-refractivity contribution in [2.24, 2.45) is 5.73 Å². The molecule has 0 aromatic carbocycles. The Morgan fingerprint density at radius 2 is 2.57 bits per heavy atom. The molecule has 0 aliphatic carbocycles. The van der Waals surface area contributed by atoms with E-state index in [1.165, 1.54) is 11.3 Å². The number of hydrogen-bond donors (Lipinski definition) is 2. The van der Waals surface area contributed by atoms with Crippen LogP contribution in [0.2, 0.25) is 0 Å². The lowest BCUT2D eigenvalue weighted by Gasteiger charge is -2.05. The third-order valence-electron chi connectivity index (χ3n) is 1.77. The van der Waals surface area contributed by atoms with Gasteiger partial charge in [-0.2, -0.15) is 0 Å². The largest absolute Gasteiger partial charge is 0.351 e. The standard InChI is InChI=1S/C9H15N3OS/c1-7(10)2-3-9(13)12-5-8-4-11-6-14-8/h4,6-7H,2-3,5,10H2,1H3,(H,12,13). The molecule has 5 heteroatoms. The third-order valence-corrected chi connectivity index (χ3v) is 2.55. The first kappa shape index (κ1) is 11.1. The van der Waals surface area contributed by atoms with Gasteiger partial charge in [-0.1, -0.05) is 0 Å². The monoisotopic (exact) mass is 213 g/mol. The summed E-state index contributed by atoms with van der Waals surface area (Å²) in [7, 11) is 0. The van der Waals surface area contributed by atoms with Crippen LogP contribution in [-0.4, -0.2) is 16.9 Å². The van der Waals surface area contributed by atoms with E-state index in [1.807, 2.05) is 6.92 Å². The number of aromatic nitrogens is 1. The Bertz CT molecular complexity index is 272. The molecule has 0 saturated heterocycles. The number of nitrogens with two attached hydrogens (primary N) is 1. The number of rotatable bonds is 5. The molecule has 0 spiro atoms. The number of carbonyl (C=O) groups excluding carboxylic acids is 1. The summed E-state index contributed by atoms with van der Waals surface area (Å²) in [5, 5.41) is 2.82. The van der Waals surface area contributed by atoms with Crippen molar-refractivity contribution in [2.45, 2.75) is 32.4 Å². The van der Waals surface area contributed by atoms with Gasteiger partial charge in [-0.15, -0.1) is 11.3 Å². The van der Waals surface area contributed by atoms with Crippen LogP contribution < -0.4 is 11.1 Å². The molecule has 1 rings (SSSR count). The normalized spacial score (nSPS) is 12.4. The molecule has 0 fully saturated rings. The van der Waals surface area contributed by atoms with Crippen molar-refractivity contribution >= 4 is 17.2 Å². The maximum atomic E-state index is 11.3. The summed E-state index contributed by atoms with van der Waals surface area (Å²) < 4.78 is 0.